The second-order valence-corrected chi connectivity index (χ2v) is 4.38. The van der Waals surface area contributed by atoms with Crippen LogP contribution in [-0.2, 0) is 0 Å². The van der Waals surface area contributed by atoms with Crippen LogP contribution in [0.2, 0.25) is 0 Å². The average molecular weight is 222 g/mol. The lowest BCUT2D eigenvalue weighted by molar-refractivity contribution is 0.0769. The van der Waals surface area contributed by atoms with Gasteiger partial charge < -0.3 is 10.0 Å². The Kier molecular flexibility index (Phi) is 2.71. The molecule has 2 heterocycles. The highest BCUT2D eigenvalue weighted by Gasteiger charge is 2.27. The minimum absolute atomic E-state index is 0.141. The molecule has 15 heavy (non-hydrogen) atoms. The van der Waals surface area contributed by atoms with Crippen LogP contribution in [0.25, 0.3) is 0 Å². The average Bonchev–Trinajstić information content (AvgIpc) is 2.84. The molecule has 0 unspecified atom stereocenters. The van der Waals surface area contributed by atoms with Gasteiger partial charge >= 0.3 is 0 Å². The molecule has 0 aliphatic carbocycles. The van der Waals surface area contributed by atoms with Crippen molar-refractivity contribution in [1.29, 1.82) is 5.26 Å². The zero-order valence-corrected chi connectivity index (χ0v) is 8.83. The van der Waals surface area contributed by atoms with Gasteiger partial charge in [0, 0.05) is 13.1 Å². The molecule has 1 amide bonds. The van der Waals surface area contributed by atoms with E-state index in [0.717, 1.165) is 0 Å². The van der Waals surface area contributed by atoms with E-state index in [0.29, 0.717) is 30.0 Å². The third-order valence-electron chi connectivity index (χ3n) is 2.43. The lowest BCUT2D eigenvalue weighted by Gasteiger charge is -2.14. The molecular weight excluding hydrogens is 212 g/mol. The van der Waals surface area contributed by atoms with Crippen LogP contribution < -0.4 is 0 Å². The van der Waals surface area contributed by atoms with Gasteiger partial charge in [0.2, 0.25) is 0 Å². The SMILES string of the molecule is N#Cc1ccsc1C(=O)N1CC[C@H](O)C1. The second-order valence-electron chi connectivity index (χ2n) is 3.47. The van der Waals surface area contributed by atoms with Crippen LogP contribution in [0.1, 0.15) is 21.7 Å². The highest BCUT2D eigenvalue weighted by Crippen LogP contribution is 2.20. The molecule has 0 bridgehead atoms. The number of nitriles is 1. The number of rotatable bonds is 1. The normalized spacial score (nSPS) is 20.3. The van der Waals surface area contributed by atoms with Crippen LogP contribution in [0.15, 0.2) is 11.4 Å². The number of β-amino-alcohol motifs (C(OH)–C–C–N with tert-alkyl or cyclic N) is 1. The van der Waals surface area contributed by atoms with Crippen molar-refractivity contribution in [3.8, 4) is 6.07 Å². The maximum absolute atomic E-state index is 11.9. The Balaban J connectivity index is 2.18. The lowest BCUT2D eigenvalue weighted by atomic mass is 10.2. The lowest BCUT2D eigenvalue weighted by Crippen LogP contribution is -2.29. The van der Waals surface area contributed by atoms with Gasteiger partial charge in [-0.05, 0) is 17.9 Å². The first kappa shape index (κ1) is 10.1. The highest BCUT2D eigenvalue weighted by molar-refractivity contribution is 7.12. The van der Waals surface area contributed by atoms with Gasteiger partial charge in [-0.15, -0.1) is 11.3 Å². The van der Waals surface area contributed by atoms with Crippen molar-refractivity contribution < 1.29 is 9.90 Å². The van der Waals surface area contributed by atoms with Crippen LogP contribution in [0.4, 0.5) is 0 Å². The van der Waals surface area contributed by atoms with Crippen LogP contribution in [0, 0.1) is 11.3 Å². The number of carbonyl (C=O) groups excluding carboxylic acids is 1. The minimum Gasteiger partial charge on any atom is -0.391 e. The molecule has 0 aromatic carbocycles. The molecule has 78 valence electrons. The van der Waals surface area contributed by atoms with Crippen LogP contribution in [0.3, 0.4) is 0 Å². The molecule has 5 heteroatoms. The molecule has 0 radical (unpaired) electrons. The van der Waals surface area contributed by atoms with E-state index < -0.39 is 6.10 Å². The van der Waals surface area contributed by atoms with E-state index in [4.69, 9.17) is 5.26 Å². The fourth-order valence-electron chi connectivity index (χ4n) is 1.63. The Morgan fingerprint density at radius 2 is 2.53 bits per heavy atom. The van der Waals surface area contributed by atoms with Gasteiger partial charge in [0.1, 0.15) is 10.9 Å². The van der Waals surface area contributed by atoms with E-state index in [1.165, 1.54) is 11.3 Å². The molecule has 1 aromatic rings. The smallest absolute Gasteiger partial charge is 0.265 e. The Bertz CT molecular complexity index is 421. The van der Waals surface area contributed by atoms with E-state index in [-0.39, 0.29) is 5.91 Å². The van der Waals surface area contributed by atoms with Gasteiger partial charge in [-0.3, -0.25) is 4.79 Å². The molecule has 0 saturated carbocycles. The first-order valence-electron chi connectivity index (χ1n) is 4.67. The summed E-state index contributed by atoms with van der Waals surface area (Å²) < 4.78 is 0. The van der Waals surface area contributed by atoms with E-state index >= 15 is 0 Å². The van der Waals surface area contributed by atoms with Gasteiger partial charge in [0.05, 0.1) is 11.7 Å². The summed E-state index contributed by atoms with van der Waals surface area (Å²) in [5.74, 6) is -0.141. The number of likely N-dealkylation sites (tertiary alicyclic amines) is 1. The maximum atomic E-state index is 11.9. The molecule has 1 fully saturated rings. The third-order valence-corrected chi connectivity index (χ3v) is 3.33. The van der Waals surface area contributed by atoms with Crippen molar-refractivity contribution >= 4 is 17.2 Å². The van der Waals surface area contributed by atoms with Crippen molar-refractivity contribution in [2.24, 2.45) is 0 Å². The number of aliphatic hydroxyl groups excluding tert-OH is 1. The zero-order valence-electron chi connectivity index (χ0n) is 8.01. The topological polar surface area (TPSA) is 64.3 Å². The number of amides is 1. The van der Waals surface area contributed by atoms with Gasteiger partial charge in [0.25, 0.3) is 5.91 Å². The van der Waals surface area contributed by atoms with Gasteiger partial charge in [-0.25, -0.2) is 0 Å². The Morgan fingerprint density at radius 3 is 3.13 bits per heavy atom. The van der Waals surface area contributed by atoms with Crippen LogP contribution >= 0.6 is 11.3 Å². The maximum Gasteiger partial charge on any atom is 0.265 e. The summed E-state index contributed by atoms with van der Waals surface area (Å²) in [7, 11) is 0. The van der Waals surface area contributed by atoms with Crippen molar-refractivity contribution in [1.82, 2.24) is 4.90 Å². The summed E-state index contributed by atoms with van der Waals surface area (Å²) in [6.45, 7) is 0.949. The number of hydrogen-bond acceptors (Lipinski definition) is 4. The largest absolute Gasteiger partial charge is 0.391 e. The predicted octanol–water partition coefficient (Wildman–Crippen LogP) is 0.827. The van der Waals surface area contributed by atoms with E-state index in [2.05, 4.69) is 0 Å². The molecule has 1 aliphatic heterocycles. The highest BCUT2D eigenvalue weighted by atomic mass is 32.1. The van der Waals surface area contributed by atoms with E-state index in [1.807, 2.05) is 6.07 Å². The fraction of sp³-hybridized carbons (Fsp3) is 0.400. The molecular formula is C10H10N2O2S. The van der Waals surface area contributed by atoms with Crippen LogP contribution in [0.5, 0.6) is 0 Å². The quantitative estimate of drug-likeness (QED) is 0.765. The molecule has 1 aromatic heterocycles. The zero-order chi connectivity index (χ0) is 10.8. The standard InChI is InChI=1S/C10H10N2O2S/c11-5-7-2-4-15-9(7)10(14)12-3-1-8(13)6-12/h2,4,8,13H,1,3,6H2/t8-/m0/s1. The molecule has 1 N–H and O–H groups in total. The number of carbonyl (C=O) groups is 1. The van der Waals surface area contributed by atoms with Gasteiger partial charge in [0.15, 0.2) is 0 Å². The molecule has 1 aliphatic rings. The number of nitrogens with zero attached hydrogens (tertiary/aromatic N) is 2. The summed E-state index contributed by atoms with van der Waals surface area (Å²) in [6, 6.07) is 3.63. The first-order chi connectivity index (χ1) is 7.22. The minimum atomic E-state index is -0.417. The molecule has 2 rings (SSSR count). The van der Waals surface area contributed by atoms with E-state index in [1.54, 1.807) is 16.3 Å². The van der Waals surface area contributed by atoms with Crippen molar-refractivity contribution in [2.75, 3.05) is 13.1 Å². The summed E-state index contributed by atoms with van der Waals surface area (Å²) in [5, 5.41) is 19.8. The Morgan fingerprint density at radius 1 is 1.73 bits per heavy atom. The van der Waals surface area contributed by atoms with E-state index in [9.17, 15) is 9.90 Å². The number of thiophene rings is 1. The fourth-order valence-corrected chi connectivity index (χ4v) is 2.44. The molecule has 1 atom stereocenters. The molecule has 1 saturated heterocycles. The summed E-state index contributed by atoms with van der Waals surface area (Å²) in [6.07, 6.45) is 0.207. The summed E-state index contributed by atoms with van der Waals surface area (Å²) in [4.78, 5) is 14.0. The van der Waals surface area contributed by atoms with Crippen molar-refractivity contribution in [2.45, 2.75) is 12.5 Å². The predicted molar refractivity (Wildman–Crippen MR) is 55.6 cm³/mol. The number of hydrogen-bond donors (Lipinski definition) is 1. The Hall–Kier alpha value is -1.38. The van der Waals surface area contributed by atoms with Crippen molar-refractivity contribution in [3.63, 3.8) is 0 Å². The van der Waals surface area contributed by atoms with Crippen LogP contribution in [-0.4, -0.2) is 35.1 Å². The number of aliphatic hydroxyl groups is 1. The first-order valence-corrected chi connectivity index (χ1v) is 5.55. The Labute approximate surface area is 91.4 Å². The molecule has 0 spiro atoms. The summed E-state index contributed by atoms with van der Waals surface area (Å²) >= 11 is 1.27. The summed E-state index contributed by atoms with van der Waals surface area (Å²) in [5.41, 5.74) is 0.423. The van der Waals surface area contributed by atoms with Gasteiger partial charge in [-0.2, -0.15) is 5.26 Å². The van der Waals surface area contributed by atoms with Crippen molar-refractivity contribution in [3.05, 3.63) is 21.9 Å². The monoisotopic (exact) mass is 222 g/mol. The third kappa shape index (κ3) is 1.87. The molecule has 4 nitrogen and oxygen atoms in total. The van der Waals surface area contributed by atoms with Gasteiger partial charge in [-0.1, -0.05) is 0 Å². The second kappa shape index (κ2) is 4.01.